The van der Waals surface area contributed by atoms with Crippen molar-refractivity contribution in [1.82, 2.24) is 25.7 Å². The monoisotopic (exact) mass is 516 g/mol. The van der Waals surface area contributed by atoms with Crippen molar-refractivity contribution < 1.29 is 26.3 Å². The fourth-order valence-electron chi connectivity index (χ4n) is 4.10. The third kappa shape index (κ3) is 4.79. The van der Waals surface area contributed by atoms with Crippen molar-refractivity contribution in [1.29, 1.82) is 0 Å². The van der Waals surface area contributed by atoms with E-state index in [9.17, 15) is 26.3 Å². The predicted molar refractivity (Wildman–Crippen MR) is 127 cm³/mol. The molecule has 5 aromatic rings. The summed E-state index contributed by atoms with van der Waals surface area (Å²) in [4.78, 5) is 0. The molecule has 0 radical (unpaired) electrons. The fraction of sp³-hybridized carbons (Fsp3) is 0.160. The standard InChI is InChI=1S/C25H18F6N6/c1-32-12-21-19-7-6-13(8-20(19)34-35-21)22-17-4-2-3-5-18(17)23(37-36-22)33-16-10-14(24(26,27)28)9-15(11-16)25(29,30)31/h2-11,32H,12H2,1H3,(H,33,37)(H,34,35). The fourth-order valence-corrected chi connectivity index (χ4v) is 4.10. The molecule has 0 aliphatic heterocycles. The molecular weight excluding hydrogens is 498 g/mol. The van der Waals surface area contributed by atoms with Crippen LogP contribution in [-0.2, 0) is 18.9 Å². The Bertz CT molecular complexity index is 1570. The van der Waals surface area contributed by atoms with E-state index in [1.165, 1.54) is 0 Å². The lowest BCUT2D eigenvalue weighted by atomic mass is 10.0. The van der Waals surface area contributed by atoms with E-state index < -0.39 is 29.2 Å². The van der Waals surface area contributed by atoms with Crippen LogP contribution in [0.25, 0.3) is 32.9 Å². The smallest absolute Gasteiger partial charge is 0.338 e. The Hall–Kier alpha value is -4.19. The van der Waals surface area contributed by atoms with Crippen LogP contribution in [0.5, 0.6) is 0 Å². The van der Waals surface area contributed by atoms with Gasteiger partial charge in [0.1, 0.15) is 5.69 Å². The average Bonchev–Trinajstić information content (AvgIpc) is 3.25. The summed E-state index contributed by atoms with van der Waals surface area (Å²) >= 11 is 0. The van der Waals surface area contributed by atoms with E-state index >= 15 is 0 Å². The second kappa shape index (κ2) is 9.04. The van der Waals surface area contributed by atoms with Gasteiger partial charge in [-0.3, -0.25) is 5.10 Å². The Balaban J connectivity index is 1.58. The molecule has 12 heteroatoms. The lowest BCUT2D eigenvalue weighted by Crippen LogP contribution is -2.12. The molecule has 0 unspecified atom stereocenters. The zero-order valence-electron chi connectivity index (χ0n) is 19.1. The topological polar surface area (TPSA) is 78.5 Å². The van der Waals surface area contributed by atoms with Gasteiger partial charge in [0.2, 0.25) is 0 Å². The third-order valence-corrected chi connectivity index (χ3v) is 5.80. The number of nitrogens with one attached hydrogen (secondary N) is 3. The van der Waals surface area contributed by atoms with Crippen molar-refractivity contribution in [2.45, 2.75) is 18.9 Å². The van der Waals surface area contributed by atoms with E-state index in [-0.39, 0.29) is 11.9 Å². The largest absolute Gasteiger partial charge is 0.416 e. The van der Waals surface area contributed by atoms with Gasteiger partial charge in [-0.2, -0.15) is 31.4 Å². The number of alkyl halides is 6. The molecule has 3 N–H and O–H groups in total. The van der Waals surface area contributed by atoms with E-state index in [4.69, 9.17) is 0 Å². The molecule has 5 rings (SSSR count). The predicted octanol–water partition coefficient (Wildman–Crippen LogP) is 6.67. The summed E-state index contributed by atoms with van der Waals surface area (Å²) in [7, 11) is 1.81. The van der Waals surface area contributed by atoms with Gasteiger partial charge in [0.15, 0.2) is 5.82 Å². The van der Waals surface area contributed by atoms with Crippen molar-refractivity contribution in [3.05, 3.63) is 77.5 Å². The molecule has 0 atom stereocenters. The molecule has 37 heavy (non-hydrogen) atoms. The highest BCUT2D eigenvalue weighted by atomic mass is 19.4. The Morgan fingerprint density at radius 2 is 1.46 bits per heavy atom. The second-order valence-corrected chi connectivity index (χ2v) is 8.32. The lowest BCUT2D eigenvalue weighted by Gasteiger charge is -2.16. The van der Waals surface area contributed by atoms with Gasteiger partial charge in [-0.1, -0.05) is 36.4 Å². The molecule has 0 bridgehead atoms. The molecule has 0 aliphatic carbocycles. The molecule has 3 aromatic carbocycles. The maximum Gasteiger partial charge on any atom is 0.416 e. The number of anilines is 2. The van der Waals surface area contributed by atoms with Crippen LogP contribution in [0.2, 0.25) is 0 Å². The maximum absolute atomic E-state index is 13.3. The van der Waals surface area contributed by atoms with Gasteiger partial charge in [0.25, 0.3) is 0 Å². The van der Waals surface area contributed by atoms with Crippen LogP contribution in [0.4, 0.5) is 37.8 Å². The molecule has 0 aliphatic rings. The minimum absolute atomic E-state index is 0.0192. The first-order valence-corrected chi connectivity index (χ1v) is 11.0. The Labute approximate surface area is 205 Å². The number of halogens is 6. The number of H-pyrrole nitrogens is 1. The van der Waals surface area contributed by atoms with Gasteiger partial charge in [0.05, 0.1) is 22.3 Å². The van der Waals surface area contributed by atoms with Crippen LogP contribution in [-0.4, -0.2) is 27.4 Å². The lowest BCUT2D eigenvalue weighted by molar-refractivity contribution is -0.143. The number of hydrogen-bond donors (Lipinski definition) is 3. The molecule has 0 saturated carbocycles. The zero-order valence-corrected chi connectivity index (χ0v) is 19.1. The van der Waals surface area contributed by atoms with Gasteiger partial charge in [-0.05, 0) is 31.3 Å². The van der Waals surface area contributed by atoms with Crippen molar-refractivity contribution in [3.63, 3.8) is 0 Å². The highest BCUT2D eigenvalue weighted by Crippen LogP contribution is 2.39. The van der Waals surface area contributed by atoms with E-state index in [1.807, 2.05) is 25.2 Å². The normalized spacial score (nSPS) is 12.4. The number of hydrogen-bond acceptors (Lipinski definition) is 5. The number of aromatic amines is 1. The highest BCUT2D eigenvalue weighted by Gasteiger charge is 2.37. The SMILES string of the molecule is CNCc1n[nH]c2cc(-c3nnc(Nc4cc(C(F)(F)F)cc(C(F)(F)F)c4)c4ccccc34)ccc12. The molecule has 190 valence electrons. The zero-order chi connectivity index (χ0) is 26.4. The highest BCUT2D eigenvalue weighted by molar-refractivity contribution is 6.02. The minimum Gasteiger partial charge on any atom is -0.338 e. The minimum atomic E-state index is -4.96. The number of fused-ring (bicyclic) bond motifs is 2. The molecule has 0 saturated heterocycles. The molecule has 6 nitrogen and oxygen atoms in total. The molecule has 0 amide bonds. The summed E-state index contributed by atoms with van der Waals surface area (Å²) in [6.45, 7) is 0.577. The molecular formula is C25H18F6N6. The van der Waals surface area contributed by atoms with Crippen LogP contribution in [0.15, 0.2) is 60.7 Å². The number of nitrogens with zero attached hydrogens (tertiary/aromatic N) is 3. The first kappa shape index (κ1) is 24.5. The number of benzene rings is 3. The van der Waals surface area contributed by atoms with Crippen molar-refractivity contribution >= 4 is 33.2 Å². The van der Waals surface area contributed by atoms with E-state index in [0.717, 1.165) is 16.6 Å². The summed E-state index contributed by atoms with van der Waals surface area (Å²) in [5.41, 5.74) is -0.439. The van der Waals surface area contributed by atoms with Gasteiger partial charge >= 0.3 is 12.4 Å². The van der Waals surface area contributed by atoms with Crippen LogP contribution >= 0.6 is 0 Å². The number of rotatable bonds is 5. The van der Waals surface area contributed by atoms with Crippen molar-refractivity contribution in [2.24, 2.45) is 0 Å². The molecule has 0 fully saturated rings. The van der Waals surface area contributed by atoms with E-state index in [1.54, 1.807) is 24.3 Å². The first-order valence-electron chi connectivity index (χ1n) is 11.0. The second-order valence-electron chi connectivity index (χ2n) is 8.32. The summed E-state index contributed by atoms with van der Waals surface area (Å²) in [5.74, 6) is 0.0192. The van der Waals surface area contributed by atoms with E-state index in [0.29, 0.717) is 40.7 Å². The van der Waals surface area contributed by atoms with Gasteiger partial charge in [-0.15, -0.1) is 10.2 Å². The Kier molecular flexibility index (Phi) is 5.98. The summed E-state index contributed by atoms with van der Waals surface area (Å²) < 4.78 is 79.7. The Morgan fingerprint density at radius 3 is 2.11 bits per heavy atom. The maximum atomic E-state index is 13.3. The molecule has 2 heterocycles. The summed E-state index contributed by atoms with van der Waals surface area (Å²) in [5, 5.41) is 23.3. The van der Waals surface area contributed by atoms with Crippen molar-refractivity contribution in [3.8, 4) is 11.3 Å². The summed E-state index contributed by atoms with van der Waals surface area (Å²) in [6, 6.07) is 13.7. The number of aromatic nitrogens is 4. The third-order valence-electron chi connectivity index (χ3n) is 5.80. The van der Waals surface area contributed by atoms with Gasteiger partial charge in [0, 0.05) is 34.0 Å². The average molecular weight is 516 g/mol. The van der Waals surface area contributed by atoms with Crippen LogP contribution in [0.3, 0.4) is 0 Å². The van der Waals surface area contributed by atoms with Crippen molar-refractivity contribution in [2.75, 3.05) is 12.4 Å². The molecule has 0 spiro atoms. The molecule has 2 aromatic heterocycles. The van der Waals surface area contributed by atoms with Gasteiger partial charge < -0.3 is 10.6 Å². The van der Waals surface area contributed by atoms with Crippen LogP contribution in [0, 0.1) is 0 Å². The van der Waals surface area contributed by atoms with E-state index in [2.05, 4.69) is 31.0 Å². The van der Waals surface area contributed by atoms with Crippen LogP contribution in [0.1, 0.15) is 16.8 Å². The quantitative estimate of drug-likeness (QED) is 0.227. The van der Waals surface area contributed by atoms with Gasteiger partial charge in [-0.25, -0.2) is 0 Å². The first-order chi connectivity index (χ1) is 17.5. The van der Waals surface area contributed by atoms with Crippen LogP contribution < -0.4 is 10.6 Å². The Morgan fingerprint density at radius 1 is 0.784 bits per heavy atom. The summed E-state index contributed by atoms with van der Waals surface area (Å²) in [6.07, 6.45) is -9.93.